The Morgan fingerprint density at radius 3 is 2.32 bits per heavy atom. The van der Waals surface area contributed by atoms with Crippen molar-refractivity contribution in [3.05, 3.63) is 88.7 Å². The largest absolute Gasteiger partial charge is 0.497 e. The van der Waals surface area contributed by atoms with Crippen LogP contribution in [0.2, 0.25) is 0 Å². The Morgan fingerprint density at radius 1 is 0.912 bits per heavy atom. The first kappa shape index (κ1) is 23.6. The van der Waals surface area contributed by atoms with Crippen LogP contribution in [0.3, 0.4) is 0 Å². The summed E-state index contributed by atoms with van der Waals surface area (Å²) in [5.74, 6) is 2.89. The van der Waals surface area contributed by atoms with Crippen molar-refractivity contribution < 1.29 is 9.47 Å². The monoisotopic (exact) mass is 456 g/mol. The van der Waals surface area contributed by atoms with Gasteiger partial charge < -0.3 is 9.47 Å². The molecule has 1 aromatic heterocycles. The number of para-hydroxylation sites is 1. The molecule has 0 aliphatic rings. The maximum absolute atomic E-state index is 13.3. The summed E-state index contributed by atoms with van der Waals surface area (Å²) in [7, 11) is 1.64. The van der Waals surface area contributed by atoms with E-state index < -0.39 is 0 Å². The first-order chi connectivity index (χ1) is 16.6. The highest BCUT2D eigenvalue weighted by molar-refractivity contribution is 5.79. The van der Waals surface area contributed by atoms with Crippen LogP contribution in [0.1, 0.15) is 44.6 Å². The van der Waals surface area contributed by atoms with E-state index in [1.165, 1.54) is 5.56 Å². The minimum absolute atomic E-state index is 0.0158. The molecule has 176 valence electrons. The average molecular weight is 457 g/mol. The number of unbranched alkanes of at least 4 members (excludes halogenated alkanes) is 1. The van der Waals surface area contributed by atoms with Crippen molar-refractivity contribution in [3.63, 3.8) is 0 Å². The number of methoxy groups -OCH3 is 1. The van der Waals surface area contributed by atoms with Crippen molar-refractivity contribution in [2.24, 2.45) is 0 Å². The molecule has 0 aliphatic carbocycles. The highest BCUT2D eigenvalue weighted by atomic mass is 16.5. The van der Waals surface area contributed by atoms with Crippen LogP contribution in [0.4, 0.5) is 0 Å². The van der Waals surface area contributed by atoms with E-state index in [4.69, 9.17) is 14.5 Å². The van der Waals surface area contributed by atoms with Crippen LogP contribution in [0.15, 0.2) is 77.6 Å². The van der Waals surface area contributed by atoms with Crippen LogP contribution in [0, 0.1) is 0 Å². The van der Waals surface area contributed by atoms with Gasteiger partial charge in [0.25, 0.3) is 5.56 Å². The van der Waals surface area contributed by atoms with Crippen molar-refractivity contribution in [1.29, 1.82) is 0 Å². The van der Waals surface area contributed by atoms with Crippen molar-refractivity contribution in [2.75, 3.05) is 13.7 Å². The lowest BCUT2D eigenvalue weighted by Gasteiger charge is -2.14. The molecule has 4 rings (SSSR count). The second-order valence-corrected chi connectivity index (χ2v) is 8.57. The number of nitrogens with zero attached hydrogens (tertiary/aromatic N) is 2. The molecule has 0 spiro atoms. The zero-order valence-corrected chi connectivity index (χ0v) is 20.2. The number of fused-ring (bicyclic) bond motifs is 1. The van der Waals surface area contributed by atoms with Gasteiger partial charge in [0.15, 0.2) is 0 Å². The predicted molar refractivity (Wildman–Crippen MR) is 138 cm³/mol. The summed E-state index contributed by atoms with van der Waals surface area (Å²) in [6, 6.07) is 23.5. The Morgan fingerprint density at radius 2 is 1.62 bits per heavy atom. The lowest BCUT2D eigenvalue weighted by Crippen LogP contribution is -2.24. The lowest BCUT2D eigenvalue weighted by atomic mass is 9.99. The van der Waals surface area contributed by atoms with E-state index in [0.717, 1.165) is 36.3 Å². The van der Waals surface area contributed by atoms with Gasteiger partial charge in [0, 0.05) is 12.1 Å². The van der Waals surface area contributed by atoms with Gasteiger partial charge in [0.2, 0.25) is 0 Å². The molecule has 5 heteroatoms. The predicted octanol–water partition coefficient (Wildman–Crippen LogP) is 6.44. The molecule has 1 atom stereocenters. The van der Waals surface area contributed by atoms with Crippen molar-refractivity contribution >= 4 is 10.9 Å². The fraction of sp³-hybridized carbons (Fsp3) is 0.310. The van der Waals surface area contributed by atoms with E-state index in [2.05, 4.69) is 26.0 Å². The summed E-state index contributed by atoms with van der Waals surface area (Å²) in [6.45, 7) is 5.62. The Hall–Kier alpha value is -3.60. The van der Waals surface area contributed by atoms with Crippen molar-refractivity contribution in [1.82, 2.24) is 9.55 Å². The molecule has 0 amide bonds. The van der Waals surface area contributed by atoms with Crippen LogP contribution in [-0.4, -0.2) is 23.3 Å². The number of rotatable bonds is 10. The van der Waals surface area contributed by atoms with Gasteiger partial charge in [-0.15, -0.1) is 0 Å². The maximum atomic E-state index is 13.3. The summed E-state index contributed by atoms with van der Waals surface area (Å²) in [5.41, 5.74) is 2.92. The van der Waals surface area contributed by atoms with Crippen LogP contribution < -0.4 is 15.0 Å². The maximum Gasteiger partial charge on any atom is 0.261 e. The van der Waals surface area contributed by atoms with Crippen molar-refractivity contribution in [3.8, 4) is 22.9 Å². The molecule has 4 aromatic rings. The smallest absolute Gasteiger partial charge is 0.261 e. The Kier molecular flexibility index (Phi) is 7.63. The molecule has 1 unspecified atom stereocenters. The molecule has 0 aliphatic heterocycles. The molecular formula is C29H32N2O3. The highest BCUT2D eigenvalue weighted by Gasteiger charge is 2.13. The molecule has 3 aromatic carbocycles. The summed E-state index contributed by atoms with van der Waals surface area (Å²) in [4.78, 5) is 18.1. The van der Waals surface area contributed by atoms with Crippen LogP contribution >= 0.6 is 0 Å². The number of aromatic nitrogens is 2. The van der Waals surface area contributed by atoms with E-state index in [0.29, 0.717) is 35.8 Å². The third kappa shape index (κ3) is 5.30. The summed E-state index contributed by atoms with van der Waals surface area (Å²) < 4.78 is 13.0. The van der Waals surface area contributed by atoms with E-state index >= 15 is 0 Å². The molecule has 34 heavy (non-hydrogen) atoms. The van der Waals surface area contributed by atoms with Gasteiger partial charge in [0.05, 0.1) is 24.6 Å². The molecule has 5 nitrogen and oxygen atoms in total. The van der Waals surface area contributed by atoms with Crippen LogP contribution in [0.5, 0.6) is 11.5 Å². The first-order valence-electron chi connectivity index (χ1n) is 12.0. The topological polar surface area (TPSA) is 53.4 Å². The van der Waals surface area contributed by atoms with E-state index in [-0.39, 0.29) is 5.56 Å². The zero-order valence-electron chi connectivity index (χ0n) is 20.2. The highest BCUT2D eigenvalue weighted by Crippen LogP contribution is 2.23. The Balaban J connectivity index is 1.46. The van der Waals surface area contributed by atoms with Gasteiger partial charge in [-0.1, -0.05) is 38.1 Å². The molecule has 0 radical (unpaired) electrons. The SMILES string of the molecule is CCC(C)c1ccc(OCCCCn2c(-c3ccc(OC)cc3)nc3ccccc3c2=O)cc1. The van der Waals surface area contributed by atoms with E-state index in [1.54, 1.807) is 11.7 Å². The minimum atomic E-state index is -0.0158. The van der Waals surface area contributed by atoms with Crippen LogP contribution in [0.25, 0.3) is 22.3 Å². The molecule has 0 saturated heterocycles. The number of hydrogen-bond acceptors (Lipinski definition) is 4. The van der Waals surface area contributed by atoms with Gasteiger partial charge in [-0.25, -0.2) is 4.98 Å². The lowest BCUT2D eigenvalue weighted by molar-refractivity contribution is 0.303. The standard InChI is InChI=1S/C29H32N2O3/c1-4-21(2)22-11-17-25(18-12-22)34-20-8-7-19-31-28(23-13-15-24(33-3)16-14-23)30-27-10-6-5-9-26(27)29(31)32/h5-6,9-18,21H,4,7-8,19-20H2,1-3H3. The fourth-order valence-corrected chi connectivity index (χ4v) is 4.03. The fourth-order valence-electron chi connectivity index (χ4n) is 4.03. The minimum Gasteiger partial charge on any atom is -0.497 e. The summed E-state index contributed by atoms with van der Waals surface area (Å²) in [6.07, 6.45) is 2.78. The quantitative estimate of drug-likeness (QED) is 0.258. The van der Waals surface area contributed by atoms with Crippen LogP contribution in [-0.2, 0) is 6.54 Å². The Labute approximate surface area is 201 Å². The van der Waals surface area contributed by atoms with Crippen molar-refractivity contribution in [2.45, 2.75) is 45.6 Å². The average Bonchev–Trinajstić information content (AvgIpc) is 2.89. The molecular weight excluding hydrogens is 424 g/mol. The summed E-state index contributed by atoms with van der Waals surface area (Å²) in [5, 5.41) is 0.636. The molecule has 0 saturated carbocycles. The third-order valence-corrected chi connectivity index (χ3v) is 6.32. The number of ether oxygens (including phenoxy) is 2. The summed E-state index contributed by atoms with van der Waals surface area (Å²) >= 11 is 0. The number of hydrogen-bond donors (Lipinski definition) is 0. The Bertz CT molecular complexity index is 1280. The zero-order chi connectivity index (χ0) is 23.9. The van der Waals surface area contributed by atoms with Gasteiger partial charge in [0.1, 0.15) is 17.3 Å². The molecule has 0 fully saturated rings. The van der Waals surface area contributed by atoms with Gasteiger partial charge >= 0.3 is 0 Å². The van der Waals surface area contributed by atoms with E-state index in [9.17, 15) is 4.79 Å². The first-order valence-corrected chi connectivity index (χ1v) is 12.0. The van der Waals surface area contributed by atoms with Gasteiger partial charge in [-0.2, -0.15) is 0 Å². The van der Waals surface area contributed by atoms with Gasteiger partial charge in [-0.05, 0) is 79.3 Å². The normalized spacial score (nSPS) is 12.0. The second-order valence-electron chi connectivity index (χ2n) is 8.57. The molecule has 1 heterocycles. The van der Waals surface area contributed by atoms with E-state index in [1.807, 2.05) is 60.7 Å². The molecule has 0 bridgehead atoms. The molecule has 0 N–H and O–H groups in total. The number of benzene rings is 3. The second kappa shape index (κ2) is 11.0. The third-order valence-electron chi connectivity index (χ3n) is 6.32. The van der Waals surface area contributed by atoms with Gasteiger partial charge in [-0.3, -0.25) is 9.36 Å².